The van der Waals surface area contributed by atoms with Gasteiger partial charge in [-0.1, -0.05) is 13.8 Å². The molecule has 1 aromatic heterocycles. The van der Waals surface area contributed by atoms with Gasteiger partial charge in [-0.05, 0) is 18.1 Å². The molecule has 1 atom stereocenters. The maximum absolute atomic E-state index is 12.4. The lowest BCUT2D eigenvalue weighted by atomic mass is 10.0. The van der Waals surface area contributed by atoms with Crippen molar-refractivity contribution in [3.8, 4) is 0 Å². The van der Waals surface area contributed by atoms with Crippen LogP contribution < -0.4 is 4.90 Å². The Labute approximate surface area is 108 Å². The molecule has 1 aromatic rings. The van der Waals surface area contributed by atoms with Gasteiger partial charge in [-0.3, -0.25) is 4.90 Å². The zero-order valence-electron chi connectivity index (χ0n) is 10.4. The fourth-order valence-corrected chi connectivity index (χ4v) is 1.89. The molecule has 1 amide bonds. The van der Waals surface area contributed by atoms with Gasteiger partial charge >= 0.3 is 12.3 Å². The Kier molecular flexibility index (Phi) is 3.38. The molecule has 1 saturated heterocycles. The van der Waals surface area contributed by atoms with Crippen molar-refractivity contribution in [1.29, 1.82) is 0 Å². The minimum atomic E-state index is -4.44. The number of pyridine rings is 1. The van der Waals surface area contributed by atoms with Crippen molar-refractivity contribution in [1.82, 2.24) is 4.98 Å². The molecule has 0 N–H and O–H groups in total. The number of aromatic nitrogens is 1. The number of anilines is 1. The van der Waals surface area contributed by atoms with Gasteiger partial charge in [0.15, 0.2) is 0 Å². The molecule has 19 heavy (non-hydrogen) atoms. The highest BCUT2D eigenvalue weighted by molar-refractivity contribution is 5.89. The van der Waals surface area contributed by atoms with Crippen LogP contribution in [-0.2, 0) is 10.9 Å². The quantitative estimate of drug-likeness (QED) is 0.832. The molecule has 1 aliphatic rings. The van der Waals surface area contributed by atoms with Crippen LogP contribution in [0.1, 0.15) is 19.4 Å². The Bertz CT molecular complexity index is 471. The molecule has 1 aliphatic heterocycles. The predicted molar refractivity (Wildman–Crippen MR) is 61.7 cm³/mol. The summed E-state index contributed by atoms with van der Waals surface area (Å²) < 4.78 is 42.2. The van der Waals surface area contributed by atoms with Crippen LogP contribution in [0.2, 0.25) is 0 Å². The van der Waals surface area contributed by atoms with E-state index in [0.717, 1.165) is 12.3 Å². The van der Waals surface area contributed by atoms with Gasteiger partial charge < -0.3 is 4.74 Å². The van der Waals surface area contributed by atoms with E-state index < -0.39 is 17.8 Å². The van der Waals surface area contributed by atoms with Crippen molar-refractivity contribution in [2.45, 2.75) is 26.1 Å². The van der Waals surface area contributed by atoms with Crippen LogP contribution in [0.15, 0.2) is 18.3 Å². The molecule has 0 saturated carbocycles. The first kappa shape index (κ1) is 13.6. The molecule has 2 rings (SSSR count). The smallest absolute Gasteiger partial charge is 0.417 e. The van der Waals surface area contributed by atoms with E-state index >= 15 is 0 Å². The minimum Gasteiger partial charge on any atom is -0.447 e. The van der Waals surface area contributed by atoms with Crippen molar-refractivity contribution >= 4 is 11.9 Å². The van der Waals surface area contributed by atoms with Crippen molar-refractivity contribution < 1.29 is 22.7 Å². The van der Waals surface area contributed by atoms with E-state index in [1.807, 2.05) is 13.8 Å². The molecule has 4 nitrogen and oxygen atoms in total. The summed E-state index contributed by atoms with van der Waals surface area (Å²) in [4.78, 5) is 16.6. The van der Waals surface area contributed by atoms with Crippen LogP contribution >= 0.6 is 0 Å². The van der Waals surface area contributed by atoms with Gasteiger partial charge in [0.1, 0.15) is 12.4 Å². The van der Waals surface area contributed by atoms with Gasteiger partial charge in [-0.2, -0.15) is 13.2 Å². The van der Waals surface area contributed by atoms with Crippen LogP contribution in [0, 0.1) is 5.92 Å². The number of amides is 1. The van der Waals surface area contributed by atoms with Gasteiger partial charge in [0.05, 0.1) is 11.6 Å². The molecule has 2 heterocycles. The SMILES string of the molecule is CC(C)[C@@H]1COC(=O)N1c1ccc(C(F)(F)F)cn1. The second kappa shape index (κ2) is 4.71. The molecule has 0 aliphatic carbocycles. The van der Waals surface area contributed by atoms with Gasteiger partial charge in [-0.15, -0.1) is 0 Å². The molecule has 0 bridgehead atoms. The molecule has 0 unspecified atom stereocenters. The Morgan fingerprint density at radius 2 is 2.11 bits per heavy atom. The fourth-order valence-electron chi connectivity index (χ4n) is 1.89. The zero-order chi connectivity index (χ0) is 14.2. The predicted octanol–water partition coefficient (Wildman–Crippen LogP) is 3.08. The third-order valence-corrected chi connectivity index (χ3v) is 3.00. The largest absolute Gasteiger partial charge is 0.447 e. The van der Waals surface area contributed by atoms with E-state index in [9.17, 15) is 18.0 Å². The highest BCUT2D eigenvalue weighted by Gasteiger charge is 2.37. The van der Waals surface area contributed by atoms with Crippen molar-refractivity contribution in [2.75, 3.05) is 11.5 Å². The molecule has 104 valence electrons. The molecular formula is C12H13F3N2O2. The second-order valence-corrected chi connectivity index (χ2v) is 4.66. The molecule has 1 fully saturated rings. The van der Waals surface area contributed by atoms with E-state index in [-0.39, 0.29) is 24.4 Å². The molecule has 0 aromatic carbocycles. The lowest BCUT2D eigenvalue weighted by Gasteiger charge is -2.23. The van der Waals surface area contributed by atoms with E-state index in [0.29, 0.717) is 0 Å². The summed E-state index contributed by atoms with van der Waals surface area (Å²) in [6, 6.07) is 1.88. The topological polar surface area (TPSA) is 42.4 Å². The minimum absolute atomic E-state index is 0.121. The third kappa shape index (κ3) is 2.64. The Morgan fingerprint density at radius 1 is 1.42 bits per heavy atom. The number of carbonyl (C=O) groups excluding carboxylic acids is 1. The number of nitrogens with zero attached hydrogens (tertiary/aromatic N) is 2. The highest BCUT2D eigenvalue weighted by Crippen LogP contribution is 2.31. The number of halogens is 3. The number of hydrogen-bond donors (Lipinski definition) is 0. The van der Waals surface area contributed by atoms with Crippen LogP contribution in [0.3, 0.4) is 0 Å². The average molecular weight is 274 g/mol. The Morgan fingerprint density at radius 3 is 2.58 bits per heavy atom. The number of carbonyl (C=O) groups is 1. The number of ether oxygens (including phenoxy) is 1. The monoisotopic (exact) mass is 274 g/mol. The van der Waals surface area contributed by atoms with E-state index in [2.05, 4.69) is 4.98 Å². The molecule has 0 spiro atoms. The van der Waals surface area contributed by atoms with Gasteiger partial charge in [-0.25, -0.2) is 9.78 Å². The maximum atomic E-state index is 12.4. The lowest BCUT2D eigenvalue weighted by Crippen LogP contribution is -2.37. The van der Waals surface area contributed by atoms with Gasteiger partial charge in [0, 0.05) is 6.20 Å². The first-order chi connectivity index (χ1) is 8.80. The fraction of sp³-hybridized carbons (Fsp3) is 0.500. The van der Waals surface area contributed by atoms with E-state index in [1.54, 1.807) is 0 Å². The Balaban J connectivity index is 2.28. The normalized spacial score (nSPS) is 20.0. The van der Waals surface area contributed by atoms with E-state index in [4.69, 9.17) is 4.74 Å². The summed E-state index contributed by atoms with van der Waals surface area (Å²) in [6.07, 6.45) is -4.29. The average Bonchev–Trinajstić information content (AvgIpc) is 2.70. The number of hydrogen-bond acceptors (Lipinski definition) is 3. The molecule has 7 heteroatoms. The highest BCUT2D eigenvalue weighted by atomic mass is 19.4. The first-order valence-electron chi connectivity index (χ1n) is 5.80. The lowest BCUT2D eigenvalue weighted by molar-refractivity contribution is -0.137. The number of cyclic esters (lactones) is 1. The summed E-state index contributed by atoms with van der Waals surface area (Å²) >= 11 is 0. The van der Waals surface area contributed by atoms with Crippen molar-refractivity contribution in [3.63, 3.8) is 0 Å². The maximum Gasteiger partial charge on any atom is 0.417 e. The summed E-state index contributed by atoms with van der Waals surface area (Å²) in [5.74, 6) is 0.296. The first-order valence-corrected chi connectivity index (χ1v) is 5.80. The summed E-state index contributed by atoms with van der Waals surface area (Å²) in [5, 5.41) is 0. The molecular weight excluding hydrogens is 261 g/mol. The number of rotatable bonds is 2. The van der Waals surface area contributed by atoms with E-state index in [1.165, 1.54) is 11.0 Å². The van der Waals surface area contributed by atoms with Crippen molar-refractivity contribution in [2.24, 2.45) is 5.92 Å². The zero-order valence-corrected chi connectivity index (χ0v) is 10.4. The Hall–Kier alpha value is -1.79. The van der Waals surface area contributed by atoms with Gasteiger partial charge in [0.25, 0.3) is 0 Å². The third-order valence-electron chi connectivity index (χ3n) is 3.00. The van der Waals surface area contributed by atoms with Crippen molar-refractivity contribution in [3.05, 3.63) is 23.9 Å². The molecule has 0 radical (unpaired) electrons. The van der Waals surface area contributed by atoms with Crippen LogP contribution in [0.4, 0.5) is 23.8 Å². The van der Waals surface area contributed by atoms with Crippen LogP contribution in [0.25, 0.3) is 0 Å². The van der Waals surface area contributed by atoms with Crippen LogP contribution in [0.5, 0.6) is 0 Å². The summed E-state index contributed by atoms with van der Waals surface area (Å²) in [7, 11) is 0. The summed E-state index contributed by atoms with van der Waals surface area (Å²) in [6.45, 7) is 4.03. The summed E-state index contributed by atoms with van der Waals surface area (Å²) in [5.41, 5.74) is -0.843. The van der Waals surface area contributed by atoms with Crippen LogP contribution in [-0.4, -0.2) is 23.7 Å². The standard InChI is InChI=1S/C12H13F3N2O2/c1-7(2)9-6-19-11(18)17(9)10-4-3-8(5-16-10)12(13,14)15/h3-5,7,9H,6H2,1-2H3/t9-/m0/s1. The number of alkyl halides is 3. The van der Waals surface area contributed by atoms with Gasteiger partial charge in [0.2, 0.25) is 0 Å². The second-order valence-electron chi connectivity index (χ2n) is 4.66.